The Balaban J connectivity index is 1.26. The summed E-state index contributed by atoms with van der Waals surface area (Å²) in [6.45, 7) is 2.04. The van der Waals surface area contributed by atoms with E-state index in [2.05, 4.69) is 16.0 Å². The molecule has 1 aliphatic rings. The molecule has 3 aromatic carbocycles. The van der Waals surface area contributed by atoms with E-state index in [4.69, 9.17) is 16.3 Å². The van der Waals surface area contributed by atoms with E-state index < -0.39 is 17.8 Å². The van der Waals surface area contributed by atoms with Gasteiger partial charge in [0.05, 0.1) is 17.9 Å². The first kappa shape index (κ1) is 34.9. The molecule has 1 aliphatic carbocycles. The van der Waals surface area contributed by atoms with Crippen molar-refractivity contribution in [2.75, 3.05) is 23.0 Å². The van der Waals surface area contributed by atoms with E-state index in [9.17, 15) is 19.2 Å². The predicted molar refractivity (Wildman–Crippen MR) is 194 cm³/mol. The lowest BCUT2D eigenvalue weighted by atomic mass is 9.96. The van der Waals surface area contributed by atoms with Gasteiger partial charge in [-0.25, -0.2) is 4.79 Å². The number of ether oxygens (including phenoxy) is 1. The number of hydrogen-bond acceptors (Lipinski definition) is 7. The standard InChI is InChI=1S/C37H36ClN3O5S2/c1-2-46-37(45)33-29-15-8-3-4-9-16-31(29)48-36(33)41-32(42)23-47-28-14-10-13-27(22-28)39-35(44)30(21-24-17-19-26(38)20-18-24)40-34(43)25-11-6-5-7-12-25/h5-7,10-14,17-22H,2-4,8-9,15-16,23H2,1H3,(H,39,44)(H,40,43)(H,41,42)/b30-21+. The van der Waals surface area contributed by atoms with Crippen molar-refractivity contribution in [3.63, 3.8) is 0 Å². The normalized spacial score (nSPS) is 13.0. The monoisotopic (exact) mass is 701 g/mol. The molecule has 1 aromatic heterocycles. The van der Waals surface area contributed by atoms with E-state index in [-0.39, 0.29) is 24.0 Å². The number of carbonyl (C=O) groups is 4. The fourth-order valence-corrected chi connectivity index (χ4v) is 7.44. The Labute approximate surface area is 293 Å². The molecule has 1 heterocycles. The Morgan fingerprint density at radius 2 is 1.65 bits per heavy atom. The fraction of sp³-hybridized carbons (Fsp3) is 0.243. The van der Waals surface area contributed by atoms with Crippen LogP contribution in [0.25, 0.3) is 6.08 Å². The molecule has 0 atom stereocenters. The smallest absolute Gasteiger partial charge is 0.341 e. The van der Waals surface area contributed by atoms with Crippen molar-refractivity contribution in [2.24, 2.45) is 0 Å². The molecular weight excluding hydrogens is 666 g/mol. The number of thioether (sulfide) groups is 1. The van der Waals surface area contributed by atoms with E-state index in [0.717, 1.165) is 53.9 Å². The van der Waals surface area contributed by atoms with Gasteiger partial charge in [0.2, 0.25) is 5.91 Å². The molecule has 48 heavy (non-hydrogen) atoms. The molecule has 0 fully saturated rings. The Hall–Kier alpha value is -4.38. The van der Waals surface area contributed by atoms with Gasteiger partial charge in [-0.3, -0.25) is 14.4 Å². The maximum absolute atomic E-state index is 13.5. The van der Waals surface area contributed by atoms with Gasteiger partial charge in [0.25, 0.3) is 11.8 Å². The highest BCUT2D eigenvalue weighted by atomic mass is 35.5. The van der Waals surface area contributed by atoms with E-state index in [1.54, 1.807) is 85.8 Å². The van der Waals surface area contributed by atoms with Gasteiger partial charge in [-0.1, -0.05) is 60.8 Å². The number of thiophene rings is 1. The number of nitrogens with one attached hydrogen (secondary N) is 3. The third-order valence-electron chi connectivity index (χ3n) is 7.58. The van der Waals surface area contributed by atoms with Crippen LogP contribution in [0.5, 0.6) is 0 Å². The van der Waals surface area contributed by atoms with Gasteiger partial charge in [-0.2, -0.15) is 0 Å². The van der Waals surface area contributed by atoms with Crippen LogP contribution in [0.15, 0.2) is 89.5 Å². The number of anilines is 2. The Kier molecular flexibility index (Phi) is 12.5. The van der Waals surface area contributed by atoms with Gasteiger partial charge in [-0.15, -0.1) is 23.1 Å². The van der Waals surface area contributed by atoms with Gasteiger partial charge < -0.3 is 20.7 Å². The molecule has 4 aromatic rings. The topological polar surface area (TPSA) is 114 Å². The fourth-order valence-electron chi connectivity index (χ4n) is 5.27. The number of benzene rings is 3. The quantitative estimate of drug-likeness (QED) is 0.0823. The third-order valence-corrected chi connectivity index (χ3v) is 10.0. The number of aryl methyl sites for hydroxylation is 1. The Morgan fingerprint density at radius 3 is 2.40 bits per heavy atom. The van der Waals surface area contributed by atoms with Crippen LogP contribution in [0.2, 0.25) is 5.02 Å². The van der Waals surface area contributed by atoms with Crippen molar-refractivity contribution in [1.29, 1.82) is 0 Å². The first-order valence-electron chi connectivity index (χ1n) is 15.8. The van der Waals surface area contributed by atoms with Crippen LogP contribution in [0.1, 0.15) is 69.3 Å². The maximum atomic E-state index is 13.5. The van der Waals surface area contributed by atoms with Crippen LogP contribution >= 0.6 is 34.7 Å². The average Bonchev–Trinajstić information content (AvgIpc) is 3.40. The second-order valence-electron chi connectivity index (χ2n) is 11.1. The van der Waals surface area contributed by atoms with Gasteiger partial charge in [0.1, 0.15) is 10.7 Å². The van der Waals surface area contributed by atoms with Gasteiger partial charge in [0, 0.05) is 26.0 Å². The molecule has 248 valence electrons. The zero-order valence-corrected chi connectivity index (χ0v) is 28.9. The Bertz CT molecular complexity index is 1810. The van der Waals surface area contributed by atoms with Crippen LogP contribution in [0, 0.1) is 0 Å². The maximum Gasteiger partial charge on any atom is 0.341 e. The molecule has 0 spiro atoms. The second-order valence-corrected chi connectivity index (χ2v) is 13.7. The minimum Gasteiger partial charge on any atom is -0.462 e. The van der Waals surface area contributed by atoms with Crippen LogP contribution < -0.4 is 16.0 Å². The van der Waals surface area contributed by atoms with E-state index in [1.165, 1.54) is 23.1 Å². The van der Waals surface area contributed by atoms with Gasteiger partial charge in [0.15, 0.2) is 0 Å². The van der Waals surface area contributed by atoms with Crippen molar-refractivity contribution in [1.82, 2.24) is 5.32 Å². The number of halogens is 1. The third kappa shape index (κ3) is 9.59. The molecule has 3 N–H and O–H groups in total. The largest absolute Gasteiger partial charge is 0.462 e. The van der Waals surface area contributed by atoms with Crippen molar-refractivity contribution in [2.45, 2.75) is 50.3 Å². The van der Waals surface area contributed by atoms with Crippen LogP contribution in [0.3, 0.4) is 0 Å². The highest BCUT2D eigenvalue weighted by Crippen LogP contribution is 2.38. The highest BCUT2D eigenvalue weighted by Gasteiger charge is 2.26. The molecule has 8 nitrogen and oxygen atoms in total. The minimum absolute atomic E-state index is 0.0473. The van der Waals surface area contributed by atoms with Crippen molar-refractivity contribution in [3.05, 3.63) is 117 Å². The number of carbonyl (C=O) groups excluding carboxylic acids is 4. The highest BCUT2D eigenvalue weighted by molar-refractivity contribution is 8.00. The molecule has 11 heteroatoms. The van der Waals surface area contributed by atoms with Crippen LogP contribution in [-0.4, -0.2) is 36.1 Å². The second kappa shape index (κ2) is 17.1. The SMILES string of the molecule is CCOC(=O)c1c(NC(=O)CSc2cccc(NC(=O)/C(=C\c3ccc(Cl)cc3)NC(=O)c3ccccc3)c2)sc2c1CCCCCC2. The number of fused-ring (bicyclic) bond motifs is 1. The summed E-state index contributed by atoms with van der Waals surface area (Å²) >= 11 is 8.81. The van der Waals surface area contributed by atoms with Crippen LogP contribution in [0.4, 0.5) is 10.7 Å². The summed E-state index contributed by atoms with van der Waals surface area (Å²) in [4.78, 5) is 54.4. The zero-order valence-electron chi connectivity index (χ0n) is 26.5. The molecule has 0 saturated heterocycles. The first-order chi connectivity index (χ1) is 23.3. The number of rotatable bonds is 11. The first-order valence-corrected chi connectivity index (χ1v) is 18.0. The zero-order chi connectivity index (χ0) is 33.9. The lowest BCUT2D eigenvalue weighted by Crippen LogP contribution is -2.30. The Morgan fingerprint density at radius 1 is 0.896 bits per heavy atom. The summed E-state index contributed by atoms with van der Waals surface area (Å²) in [5, 5.41) is 9.65. The molecule has 0 saturated carbocycles. The minimum atomic E-state index is -0.520. The lowest BCUT2D eigenvalue weighted by molar-refractivity contribution is -0.114. The summed E-state index contributed by atoms with van der Waals surface area (Å²) in [7, 11) is 0. The van der Waals surface area contributed by atoms with Crippen molar-refractivity contribution < 1.29 is 23.9 Å². The number of esters is 1. The molecular formula is C37H36ClN3O5S2. The average molecular weight is 702 g/mol. The van der Waals surface area contributed by atoms with Crippen molar-refractivity contribution in [3.8, 4) is 0 Å². The molecule has 0 bridgehead atoms. The van der Waals surface area contributed by atoms with Gasteiger partial charge in [-0.05, 0) is 92.3 Å². The predicted octanol–water partition coefficient (Wildman–Crippen LogP) is 8.38. The molecule has 0 unspecified atom stereocenters. The molecule has 3 amide bonds. The van der Waals surface area contributed by atoms with Gasteiger partial charge >= 0.3 is 5.97 Å². The molecule has 0 radical (unpaired) electrons. The van der Waals surface area contributed by atoms with Crippen molar-refractivity contribution >= 4 is 75.2 Å². The summed E-state index contributed by atoms with van der Waals surface area (Å²) in [6, 6.07) is 22.6. The van der Waals surface area contributed by atoms with E-state index in [1.807, 2.05) is 6.07 Å². The van der Waals surface area contributed by atoms with Crippen LogP contribution in [-0.2, 0) is 27.2 Å². The summed E-state index contributed by atoms with van der Waals surface area (Å²) in [5.74, 6) is -1.49. The number of hydrogen-bond donors (Lipinski definition) is 3. The van der Waals surface area contributed by atoms with E-state index >= 15 is 0 Å². The molecule has 5 rings (SSSR count). The number of amides is 3. The summed E-state index contributed by atoms with van der Waals surface area (Å²) in [6.07, 6.45) is 7.61. The summed E-state index contributed by atoms with van der Waals surface area (Å²) in [5.41, 5.74) is 3.12. The lowest BCUT2D eigenvalue weighted by Gasteiger charge is -2.12. The summed E-state index contributed by atoms with van der Waals surface area (Å²) < 4.78 is 5.36. The molecule has 0 aliphatic heterocycles. The van der Waals surface area contributed by atoms with E-state index in [0.29, 0.717) is 32.4 Å².